The number of hydrogen-bond donors (Lipinski definition) is 0. The Morgan fingerprint density at radius 3 is 2.48 bits per heavy atom. The first-order valence-corrected chi connectivity index (χ1v) is 23.1. The normalized spacial score (nSPS) is 24.9. The highest BCUT2D eigenvalue weighted by Crippen LogP contribution is 2.66. The topological polar surface area (TPSA) is 12.5 Å². The van der Waals surface area contributed by atoms with Gasteiger partial charge in [0.15, 0.2) is 0 Å². The summed E-state index contributed by atoms with van der Waals surface area (Å²) in [4.78, 5) is 2.58. The highest BCUT2D eigenvalue weighted by atomic mass is 16.5. The second-order valence-corrected chi connectivity index (χ2v) is 18.3. The van der Waals surface area contributed by atoms with Crippen LogP contribution in [0, 0.1) is 23.7 Å². The molecule has 63 heavy (non-hydrogen) atoms. The lowest BCUT2D eigenvalue weighted by atomic mass is 9.64. The minimum atomic E-state index is -0.320. The Morgan fingerprint density at radius 1 is 0.746 bits per heavy atom. The van der Waals surface area contributed by atoms with Crippen molar-refractivity contribution in [2.45, 2.75) is 62.0 Å². The van der Waals surface area contributed by atoms with E-state index in [0.717, 1.165) is 30.5 Å². The molecule has 7 unspecified atom stereocenters. The predicted octanol–water partition coefficient (Wildman–Crippen LogP) is 13.7. The summed E-state index contributed by atoms with van der Waals surface area (Å²) in [5, 5.41) is 2.65. The molecule has 2 heteroatoms. The van der Waals surface area contributed by atoms with Gasteiger partial charge in [0.2, 0.25) is 0 Å². The minimum Gasteiger partial charge on any atom is -0.357 e. The van der Waals surface area contributed by atoms with Crippen molar-refractivity contribution in [1.29, 1.82) is 0 Å². The maximum Gasteiger partial charge on any atom is 0.146 e. The molecule has 6 aliphatic rings. The summed E-state index contributed by atoms with van der Waals surface area (Å²) >= 11 is 0. The van der Waals surface area contributed by atoms with E-state index < -0.39 is 0 Å². The zero-order chi connectivity index (χ0) is 41.9. The van der Waals surface area contributed by atoms with Crippen LogP contribution >= 0.6 is 0 Å². The van der Waals surface area contributed by atoms with E-state index in [0.29, 0.717) is 24.4 Å². The van der Waals surface area contributed by atoms with E-state index in [9.17, 15) is 0 Å². The van der Waals surface area contributed by atoms with Crippen LogP contribution in [0.15, 0.2) is 205 Å². The fourth-order valence-corrected chi connectivity index (χ4v) is 12.3. The summed E-state index contributed by atoms with van der Waals surface area (Å²) in [7, 11) is 0. The van der Waals surface area contributed by atoms with Crippen molar-refractivity contribution in [2.24, 2.45) is 11.8 Å². The lowest BCUT2D eigenvalue weighted by molar-refractivity contribution is 0.136. The second-order valence-electron chi connectivity index (χ2n) is 18.3. The maximum absolute atomic E-state index is 6.27. The molecular formula is C61H51NO. The zero-order valence-electron chi connectivity index (χ0n) is 35.8. The number of hydrogen-bond acceptors (Lipinski definition) is 2. The molecule has 12 rings (SSSR count). The molecule has 0 radical (unpaired) electrons. The van der Waals surface area contributed by atoms with E-state index in [1.165, 1.54) is 73.0 Å². The zero-order valence-corrected chi connectivity index (χ0v) is 35.8. The molecular weight excluding hydrogens is 763 g/mol. The maximum atomic E-state index is 6.27. The van der Waals surface area contributed by atoms with E-state index in [-0.39, 0.29) is 23.5 Å². The van der Waals surface area contributed by atoms with Gasteiger partial charge in [0.25, 0.3) is 0 Å². The van der Waals surface area contributed by atoms with E-state index in [1.54, 1.807) is 0 Å². The number of aryl methyl sites for hydroxylation is 1. The van der Waals surface area contributed by atoms with Crippen molar-refractivity contribution in [3.63, 3.8) is 0 Å². The summed E-state index contributed by atoms with van der Waals surface area (Å²) in [6.45, 7) is 2.91. The summed E-state index contributed by atoms with van der Waals surface area (Å²) < 4.78 is 6.27. The lowest BCUT2D eigenvalue weighted by Crippen LogP contribution is -2.40. The average Bonchev–Trinajstić information content (AvgIpc) is 3.69. The predicted molar refractivity (Wildman–Crippen MR) is 260 cm³/mol. The quantitative estimate of drug-likeness (QED) is 0.112. The van der Waals surface area contributed by atoms with Gasteiger partial charge in [-0.25, -0.2) is 0 Å². The highest BCUT2D eigenvalue weighted by Gasteiger charge is 2.57. The lowest BCUT2D eigenvalue weighted by Gasteiger charge is -2.40. The van der Waals surface area contributed by atoms with Crippen LogP contribution in [0.25, 0.3) is 21.9 Å². The number of allylic oxidation sites excluding steroid dienone is 6. The number of fused-ring (bicyclic) bond motifs is 12. The molecule has 0 saturated heterocycles. The van der Waals surface area contributed by atoms with Gasteiger partial charge in [-0.05, 0) is 123 Å². The van der Waals surface area contributed by atoms with Crippen LogP contribution in [0.2, 0.25) is 0 Å². The minimum absolute atomic E-state index is 0.109. The number of ether oxygens (including phenoxy) is 1. The SMILES string of the molecule is CC1C=CC=CC1N(C1=C2C=CCOC2C#CC=C1)c1ccc2c(c1)C1(c3cc(CCC(c4ccccc4)c4cccc5ccccc45)ccc3-2)c2ccccc2C2CCC=CC21. The first-order valence-electron chi connectivity index (χ1n) is 23.1. The summed E-state index contributed by atoms with van der Waals surface area (Å²) in [5.41, 5.74) is 16.0. The number of nitrogens with zero attached hydrogens (tertiary/aromatic N) is 1. The molecule has 7 atom stereocenters. The number of benzene rings is 6. The fourth-order valence-electron chi connectivity index (χ4n) is 12.3. The summed E-state index contributed by atoms with van der Waals surface area (Å²) in [6, 6.07) is 51.4. The number of rotatable bonds is 8. The van der Waals surface area contributed by atoms with E-state index >= 15 is 0 Å². The van der Waals surface area contributed by atoms with Crippen LogP contribution in [0.3, 0.4) is 0 Å². The fraction of sp³-hybridized carbons (Fsp3) is 0.213. The van der Waals surface area contributed by atoms with Gasteiger partial charge in [-0.2, -0.15) is 0 Å². The Kier molecular flexibility index (Phi) is 9.42. The third-order valence-electron chi connectivity index (χ3n) is 15.0. The van der Waals surface area contributed by atoms with Crippen molar-refractivity contribution < 1.29 is 4.74 Å². The third kappa shape index (κ3) is 6.12. The van der Waals surface area contributed by atoms with Crippen LogP contribution < -0.4 is 4.90 Å². The molecule has 306 valence electrons. The van der Waals surface area contributed by atoms with Crippen LogP contribution in [0.5, 0.6) is 0 Å². The molecule has 2 nitrogen and oxygen atoms in total. The molecule has 5 aliphatic carbocycles. The van der Waals surface area contributed by atoms with Gasteiger partial charge in [0.1, 0.15) is 6.10 Å². The Bertz CT molecular complexity index is 3030. The molecule has 6 aromatic rings. The molecule has 0 saturated carbocycles. The third-order valence-corrected chi connectivity index (χ3v) is 15.0. The Labute approximate surface area is 372 Å². The molecule has 1 aliphatic heterocycles. The van der Waals surface area contributed by atoms with Crippen molar-refractivity contribution in [3.8, 4) is 23.0 Å². The Morgan fingerprint density at radius 2 is 1.56 bits per heavy atom. The molecule has 0 amide bonds. The van der Waals surface area contributed by atoms with Gasteiger partial charge in [0, 0.05) is 28.8 Å². The summed E-state index contributed by atoms with van der Waals surface area (Å²) in [6.07, 6.45) is 26.8. The molecule has 0 bridgehead atoms. The standard InChI is InChI=1S/C61H51NO/c1-41-17-5-12-29-58(41)62(59-30-13-14-31-60-53(59)26-16-38-63-60)45-34-37-52-51-36-33-42(32-35-47(43-18-3-2-4-19-43)48-25-15-21-44-20-6-7-22-46(44)48)39-56(51)61(57(52)40-45)54-27-10-8-23-49(54)50-24-9-11-28-55(50)61/h2-8,10-13,15-23,25-30,33-34,36-37,39-41,47,50,55,58,60H,9,24,32,35,38H2,1H3. The van der Waals surface area contributed by atoms with Gasteiger partial charge in [-0.1, -0.05) is 189 Å². The van der Waals surface area contributed by atoms with Crippen molar-refractivity contribution in [1.82, 2.24) is 0 Å². The molecule has 0 N–H and O–H groups in total. The molecule has 1 spiro atoms. The average molecular weight is 814 g/mol. The van der Waals surface area contributed by atoms with Crippen LogP contribution in [0.4, 0.5) is 5.69 Å². The largest absolute Gasteiger partial charge is 0.357 e. The second kappa shape index (κ2) is 15.6. The van der Waals surface area contributed by atoms with Gasteiger partial charge < -0.3 is 9.64 Å². The van der Waals surface area contributed by atoms with Crippen LogP contribution in [0.1, 0.15) is 77.0 Å². The Hall–Kier alpha value is -6.66. The molecule has 0 aromatic heterocycles. The monoisotopic (exact) mass is 813 g/mol. The van der Waals surface area contributed by atoms with Crippen LogP contribution in [-0.4, -0.2) is 18.8 Å². The van der Waals surface area contributed by atoms with Gasteiger partial charge in [-0.15, -0.1) is 0 Å². The number of anilines is 1. The Balaban J connectivity index is 1.02. The van der Waals surface area contributed by atoms with Crippen molar-refractivity contribution in [2.75, 3.05) is 11.5 Å². The highest BCUT2D eigenvalue weighted by molar-refractivity contribution is 5.88. The van der Waals surface area contributed by atoms with Crippen LogP contribution in [-0.2, 0) is 16.6 Å². The molecule has 6 aromatic carbocycles. The van der Waals surface area contributed by atoms with Gasteiger partial charge >= 0.3 is 0 Å². The smallest absolute Gasteiger partial charge is 0.146 e. The first-order chi connectivity index (χ1) is 31.2. The van der Waals surface area contributed by atoms with Crippen molar-refractivity contribution >= 4 is 16.5 Å². The molecule has 1 heterocycles. The summed E-state index contributed by atoms with van der Waals surface area (Å²) in [5.74, 6) is 8.02. The first kappa shape index (κ1) is 38.0. The van der Waals surface area contributed by atoms with Crippen molar-refractivity contribution in [3.05, 3.63) is 244 Å². The van der Waals surface area contributed by atoms with E-state index in [1.807, 2.05) is 6.08 Å². The van der Waals surface area contributed by atoms with E-state index in [2.05, 4.69) is 212 Å². The molecule has 0 fully saturated rings. The van der Waals surface area contributed by atoms with Gasteiger partial charge in [-0.3, -0.25) is 0 Å². The van der Waals surface area contributed by atoms with E-state index in [4.69, 9.17) is 4.74 Å². The van der Waals surface area contributed by atoms with Gasteiger partial charge in [0.05, 0.1) is 18.1 Å².